The van der Waals surface area contributed by atoms with Crippen LogP contribution in [0.1, 0.15) is 44.0 Å². The van der Waals surface area contributed by atoms with Crippen LogP contribution in [0.25, 0.3) is 0 Å². The Morgan fingerprint density at radius 3 is 2.67 bits per heavy atom. The molecule has 0 bridgehead atoms. The number of ketones is 1. The first kappa shape index (κ1) is 16.2. The number of fused-ring (bicyclic) bond motifs is 1. The van der Waals surface area contributed by atoms with Gasteiger partial charge in [-0.3, -0.25) is 10.1 Å². The minimum absolute atomic E-state index is 0.000267. The number of carbonyl (C=O) groups is 3. The number of hydrogen-bond acceptors (Lipinski definition) is 5. The van der Waals surface area contributed by atoms with Crippen molar-refractivity contribution in [2.45, 2.75) is 25.9 Å². The molecule has 24 heavy (non-hydrogen) atoms. The van der Waals surface area contributed by atoms with Crippen LogP contribution in [0.2, 0.25) is 0 Å². The molecule has 2 N–H and O–H groups in total. The minimum Gasteiger partial charge on any atom is -0.478 e. The third-order valence-corrected chi connectivity index (χ3v) is 4.92. The van der Waals surface area contributed by atoms with Gasteiger partial charge in [0.1, 0.15) is 11.6 Å². The zero-order chi connectivity index (χ0) is 17.1. The van der Waals surface area contributed by atoms with Crippen LogP contribution in [0.4, 0.5) is 9.80 Å². The van der Waals surface area contributed by atoms with Gasteiger partial charge in [-0.05, 0) is 24.0 Å². The lowest BCUT2D eigenvalue weighted by atomic mass is 9.95. The number of amides is 1. The maximum atomic E-state index is 12.0. The molecule has 0 radical (unpaired) electrons. The molecular formula is C17H15NO5S. The lowest BCUT2D eigenvalue weighted by molar-refractivity contribution is 0.0697. The Hall–Kier alpha value is -2.67. The molecule has 1 aliphatic carbocycles. The van der Waals surface area contributed by atoms with Crippen molar-refractivity contribution in [2.75, 3.05) is 5.32 Å². The maximum Gasteiger partial charge on any atom is 0.412 e. The molecule has 1 aromatic heterocycles. The van der Waals surface area contributed by atoms with E-state index in [0.29, 0.717) is 29.7 Å². The molecule has 0 unspecified atom stereocenters. The lowest BCUT2D eigenvalue weighted by Gasteiger charge is -2.10. The molecule has 2 aromatic rings. The molecule has 0 aliphatic heterocycles. The van der Waals surface area contributed by atoms with Gasteiger partial charge in [0.25, 0.3) is 0 Å². The van der Waals surface area contributed by atoms with Crippen molar-refractivity contribution in [2.24, 2.45) is 0 Å². The Balaban J connectivity index is 1.76. The molecule has 1 heterocycles. The molecule has 0 saturated heterocycles. The predicted molar refractivity (Wildman–Crippen MR) is 88.8 cm³/mol. The number of carboxylic acid groups (broad SMARTS) is 1. The summed E-state index contributed by atoms with van der Waals surface area (Å²) in [6.07, 6.45) is 0.818. The van der Waals surface area contributed by atoms with Gasteiger partial charge in [0, 0.05) is 6.42 Å². The van der Waals surface area contributed by atoms with Crippen LogP contribution in [-0.4, -0.2) is 23.0 Å². The number of benzene rings is 1. The Morgan fingerprint density at radius 1 is 1.21 bits per heavy atom. The van der Waals surface area contributed by atoms with Gasteiger partial charge >= 0.3 is 12.1 Å². The number of nitrogens with one attached hydrogen (secondary N) is 1. The summed E-state index contributed by atoms with van der Waals surface area (Å²) in [4.78, 5) is 35.8. The maximum absolute atomic E-state index is 12.0. The largest absolute Gasteiger partial charge is 0.478 e. The Labute approximate surface area is 142 Å². The molecule has 6 nitrogen and oxygen atoms in total. The number of hydrogen-bond donors (Lipinski definition) is 2. The van der Waals surface area contributed by atoms with Crippen LogP contribution >= 0.6 is 11.3 Å². The van der Waals surface area contributed by atoms with Crippen molar-refractivity contribution in [1.82, 2.24) is 0 Å². The third-order valence-electron chi connectivity index (χ3n) is 3.73. The summed E-state index contributed by atoms with van der Waals surface area (Å²) in [6, 6.07) is 9.16. The van der Waals surface area contributed by atoms with Crippen LogP contribution < -0.4 is 5.32 Å². The summed E-state index contributed by atoms with van der Waals surface area (Å²) in [5.41, 5.74) is 1.34. The van der Waals surface area contributed by atoms with E-state index in [0.717, 1.165) is 16.9 Å². The fourth-order valence-corrected chi connectivity index (χ4v) is 3.83. The van der Waals surface area contributed by atoms with Crippen LogP contribution in [0.15, 0.2) is 30.3 Å². The van der Waals surface area contributed by atoms with Crippen LogP contribution in [0, 0.1) is 0 Å². The summed E-state index contributed by atoms with van der Waals surface area (Å²) < 4.78 is 5.10. The molecular weight excluding hydrogens is 330 g/mol. The van der Waals surface area contributed by atoms with Gasteiger partial charge in [0.05, 0.1) is 10.4 Å². The zero-order valence-corrected chi connectivity index (χ0v) is 13.5. The van der Waals surface area contributed by atoms with E-state index in [1.807, 2.05) is 30.3 Å². The second kappa shape index (κ2) is 6.84. The second-order valence-corrected chi connectivity index (χ2v) is 6.40. The number of rotatable bonds is 4. The van der Waals surface area contributed by atoms with Gasteiger partial charge in [0.2, 0.25) is 0 Å². The fourth-order valence-electron chi connectivity index (χ4n) is 2.63. The Bertz CT molecular complexity index is 797. The quantitative estimate of drug-likeness (QED) is 0.881. The number of thiophene rings is 1. The van der Waals surface area contributed by atoms with E-state index in [1.54, 1.807) is 0 Å². The molecule has 0 saturated carbocycles. The molecule has 0 fully saturated rings. The van der Waals surface area contributed by atoms with Gasteiger partial charge in [-0.1, -0.05) is 30.3 Å². The smallest absolute Gasteiger partial charge is 0.412 e. The number of anilines is 1. The summed E-state index contributed by atoms with van der Waals surface area (Å²) in [6.45, 7) is 0.0824. The van der Waals surface area contributed by atoms with E-state index >= 15 is 0 Å². The standard InChI is InChI=1S/C17H15NO5S/c19-12-8-4-7-11-13(16(20)21)15(24-14(11)12)18-17(22)23-9-10-5-2-1-3-6-10/h1-3,5-6H,4,7-9H2,(H,18,22)(H,20,21). The third kappa shape index (κ3) is 3.30. The summed E-state index contributed by atoms with van der Waals surface area (Å²) in [5.74, 6) is -1.23. The average molecular weight is 345 g/mol. The fraction of sp³-hybridized carbons (Fsp3) is 0.235. The highest BCUT2D eigenvalue weighted by molar-refractivity contribution is 7.18. The monoisotopic (exact) mass is 345 g/mol. The second-order valence-electron chi connectivity index (χ2n) is 5.38. The summed E-state index contributed by atoms with van der Waals surface area (Å²) in [5, 5.41) is 12.0. The number of aromatic carboxylic acids is 1. The first-order valence-corrected chi connectivity index (χ1v) is 8.27. The van der Waals surface area contributed by atoms with Gasteiger partial charge < -0.3 is 9.84 Å². The first-order chi connectivity index (χ1) is 11.6. The highest BCUT2D eigenvalue weighted by atomic mass is 32.1. The van der Waals surface area contributed by atoms with Gasteiger partial charge in [-0.2, -0.15) is 0 Å². The Kier molecular flexibility index (Phi) is 4.61. The van der Waals surface area contributed by atoms with Crippen molar-refractivity contribution in [3.8, 4) is 0 Å². The number of carbonyl (C=O) groups excluding carboxylic acids is 2. The van der Waals surface area contributed by atoms with Crippen molar-refractivity contribution >= 4 is 34.2 Å². The lowest BCUT2D eigenvalue weighted by Crippen LogP contribution is -2.15. The number of Topliss-reactive ketones (excluding diaryl/α,β-unsaturated/α-hetero) is 1. The molecule has 3 rings (SSSR count). The van der Waals surface area contributed by atoms with E-state index in [-0.39, 0.29) is 23.0 Å². The van der Waals surface area contributed by atoms with Crippen molar-refractivity contribution in [3.05, 3.63) is 51.9 Å². The van der Waals surface area contributed by atoms with Crippen molar-refractivity contribution in [1.29, 1.82) is 0 Å². The summed E-state index contributed by atoms with van der Waals surface area (Å²) >= 11 is 1.01. The van der Waals surface area contributed by atoms with E-state index in [9.17, 15) is 19.5 Å². The average Bonchev–Trinajstić information content (AvgIpc) is 2.93. The van der Waals surface area contributed by atoms with Gasteiger partial charge in [-0.25, -0.2) is 9.59 Å². The SMILES string of the molecule is O=C(Nc1sc2c(c1C(=O)O)CCCC2=O)OCc1ccccc1. The van der Waals surface area contributed by atoms with Gasteiger partial charge in [-0.15, -0.1) is 11.3 Å². The van der Waals surface area contributed by atoms with Crippen molar-refractivity contribution < 1.29 is 24.2 Å². The van der Waals surface area contributed by atoms with Crippen LogP contribution in [0.5, 0.6) is 0 Å². The van der Waals surface area contributed by atoms with E-state index in [4.69, 9.17) is 4.74 Å². The Morgan fingerprint density at radius 2 is 1.96 bits per heavy atom. The molecule has 0 spiro atoms. The molecule has 124 valence electrons. The minimum atomic E-state index is -1.15. The van der Waals surface area contributed by atoms with E-state index in [2.05, 4.69) is 5.32 Å². The van der Waals surface area contributed by atoms with Gasteiger partial charge in [0.15, 0.2) is 5.78 Å². The summed E-state index contributed by atoms with van der Waals surface area (Å²) in [7, 11) is 0. The molecule has 0 atom stereocenters. The molecule has 1 amide bonds. The molecule has 1 aliphatic rings. The highest BCUT2D eigenvalue weighted by Gasteiger charge is 2.30. The predicted octanol–water partition coefficient (Wildman–Crippen LogP) is 3.71. The van der Waals surface area contributed by atoms with E-state index < -0.39 is 12.1 Å². The highest BCUT2D eigenvalue weighted by Crippen LogP contribution is 2.38. The van der Waals surface area contributed by atoms with E-state index in [1.165, 1.54) is 0 Å². The zero-order valence-electron chi connectivity index (χ0n) is 12.7. The normalized spacial score (nSPS) is 13.2. The van der Waals surface area contributed by atoms with Crippen LogP contribution in [0.3, 0.4) is 0 Å². The molecule has 7 heteroatoms. The molecule has 1 aromatic carbocycles. The van der Waals surface area contributed by atoms with Crippen LogP contribution in [-0.2, 0) is 17.8 Å². The topological polar surface area (TPSA) is 92.7 Å². The number of ether oxygens (including phenoxy) is 1. The first-order valence-electron chi connectivity index (χ1n) is 7.46. The van der Waals surface area contributed by atoms with Crippen molar-refractivity contribution in [3.63, 3.8) is 0 Å². The number of carboxylic acids is 1.